The molecule has 1 saturated carbocycles. The van der Waals surface area contributed by atoms with Crippen LogP contribution in [0.2, 0.25) is 0 Å². The average molecular weight is 245 g/mol. The molecule has 1 fully saturated rings. The number of nitrogens with two attached hydrogens (primary N) is 1. The minimum atomic E-state index is 0.00913. The Bertz CT molecular complexity index is 409. The summed E-state index contributed by atoms with van der Waals surface area (Å²) in [5, 5.41) is 0. The average Bonchev–Trinajstić information content (AvgIpc) is 2.27. The number of hydrogen-bond acceptors (Lipinski definition) is 2. The van der Waals surface area contributed by atoms with Crippen LogP contribution in [0.1, 0.15) is 67.3 Å². The van der Waals surface area contributed by atoms with E-state index in [0.29, 0.717) is 12.3 Å². The van der Waals surface area contributed by atoms with Crippen LogP contribution in [0.15, 0.2) is 24.3 Å². The topological polar surface area (TPSA) is 43.1 Å². The summed E-state index contributed by atoms with van der Waals surface area (Å²) in [6.45, 7) is 2.10. The summed E-state index contributed by atoms with van der Waals surface area (Å²) in [5.74, 6) is 0.874. The molecule has 1 atom stereocenters. The van der Waals surface area contributed by atoms with E-state index in [9.17, 15) is 4.79 Å². The smallest absolute Gasteiger partial charge is 0.164 e. The van der Waals surface area contributed by atoms with E-state index in [4.69, 9.17) is 5.73 Å². The maximum Gasteiger partial charge on any atom is 0.164 e. The van der Waals surface area contributed by atoms with E-state index in [2.05, 4.69) is 19.1 Å². The third-order valence-corrected chi connectivity index (χ3v) is 3.89. The Kier molecular flexibility index (Phi) is 4.54. The van der Waals surface area contributed by atoms with Crippen LogP contribution in [0.3, 0.4) is 0 Å². The molecule has 1 aromatic carbocycles. The summed E-state index contributed by atoms with van der Waals surface area (Å²) in [5.41, 5.74) is 8.11. The van der Waals surface area contributed by atoms with Gasteiger partial charge in [0.05, 0.1) is 0 Å². The van der Waals surface area contributed by atoms with Crippen molar-refractivity contribution in [3.8, 4) is 0 Å². The summed E-state index contributed by atoms with van der Waals surface area (Å²) >= 11 is 0. The van der Waals surface area contributed by atoms with E-state index >= 15 is 0 Å². The van der Waals surface area contributed by atoms with E-state index in [1.165, 1.54) is 24.8 Å². The number of Topliss-reactive ketones (excluding diaryl/α,β-unsaturated/α-hetero) is 1. The molecule has 0 bridgehead atoms. The number of carbonyl (C=O) groups is 1. The van der Waals surface area contributed by atoms with E-state index in [1.54, 1.807) is 0 Å². The summed E-state index contributed by atoms with van der Waals surface area (Å²) in [6.07, 6.45) is 6.30. The van der Waals surface area contributed by atoms with Crippen molar-refractivity contribution in [3.05, 3.63) is 35.4 Å². The molecular formula is C16H23NO. The van der Waals surface area contributed by atoms with Gasteiger partial charge in [-0.2, -0.15) is 0 Å². The monoisotopic (exact) mass is 245 g/mol. The highest BCUT2D eigenvalue weighted by atomic mass is 16.1. The van der Waals surface area contributed by atoms with Gasteiger partial charge in [0.1, 0.15) is 0 Å². The lowest BCUT2D eigenvalue weighted by atomic mass is 9.79. The maximum absolute atomic E-state index is 12.1. The molecule has 18 heavy (non-hydrogen) atoms. The SMILES string of the molecule is CCCC(N)CC(=O)c1cccc(C2CCC2)c1. The number of rotatable bonds is 6. The lowest BCUT2D eigenvalue weighted by molar-refractivity contribution is 0.0973. The van der Waals surface area contributed by atoms with Gasteiger partial charge in [-0.1, -0.05) is 38.0 Å². The van der Waals surface area contributed by atoms with E-state index in [-0.39, 0.29) is 11.8 Å². The fourth-order valence-electron chi connectivity index (χ4n) is 2.54. The predicted octanol–water partition coefficient (Wildman–Crippen LogP) is 3.65. The Hall–Kier alpha value is -1.15. The molecule has 0 radical (unpaired) electrons. The zero-order chi connectivity index (χ0) is 13.0. The number of hydrogen-bond donors (Lipinski definition) is 1. The van der Waals surface area contributed by atoms with Gasteiger partial charge in [-0.15, -0.1) is 0 Å². The lowest BCUT2D eigenvalue weighted by Crippen LogP contribution is -2.23. The van der Waals surface area contributed by atoms with Crippen LogP contribution in [-0.2, 0) is 0 Å². The molecule has 1 unspecified atom stereocenters. The molecule has 2 rings (SSSR count). The van der Waals surface area contributed by atoms with Gasteiger partial charge in [-0.05, 0) is 36.8 Å². The van der Waals surface area contributed by atoms with Crippen molar-refractivity contribution in [1.29, 1.82) is 0 Å². The Morgan fingerprint density at radius 2 is 2.22 bits per heavy atom. The van der Waals surface area contributed by atoms with Crippen molar-refractivity contribution in [3.63, 3.8) is 0 Å². The van der Waals surface area contributed by atoms with Gasteiger partial charge in [0.25, 0.3) is 0 Å². The first kappa shape index (κ1) is 13.3. The maximum atomic E-state index is 12.1. The van der Waals surface area contributed by atoms with Crippen LogP contribution < -0.4 is 5.73 Å². The summed E-state index contributed by atoms with van der Waals surface area (Å²) in [4.78, 5) is 12.1. The third-order valence-electron chi connectivity index (χ3n) is 3.89. The van der Waals surface area contributed by atoms with Crippen molar-refractivity contribution < 1.29 is 4.79 Å². The van der Waals surface area contributed by atoms with Gasteiger partial charge < -0.3 is 5.73 Å². The van der Waals surface area contributed by atoms with E-state index < -0.39 is 0 Å². The standard InChI is InChI=1S/C16H23NO/c1-2-5-15(17)11-16(18)14-9-4-8-13(10-14)12-6-3-7-12/h4,8-10,12,15H,2-3,5-7,11,17H2,1H3. The molecule has 0 heterocycles. The third kappa shape index (κ3) is 3.20. The highest BCUT2D eigenvalue weighted by Gasteiger charge is 2.20. The van der Waals surface area contributed by atoms with Gasteiger partial charge in [0.15, 0.2) is 5.78 Å². The van der Waals surface area contributed by atoms with Crippen molar-refractivity contribution in [2.75, 3.05) is 0 Å². The molecule has 0 saturated heterocycles. The molecule has 98 valence electrons. The Labute approximate surface area is 110 Å². The zero-order valence-electron chi connectivity index (χ0n) is 11.2. The van der Waals surface area contributed by atoms with Gasteiger partial charge >= 0.3 is 0 Å². The molecular weight excluding hydrogens is 222 g/mol. The second kappa shape index (κ2) is 6.14. The van der Waals surface area contributed by atoms with Crippen LogP contribution in [0, 0.1) is 0 Å². The summed E-state index contributed by atoms with van der Waals surface area (Å²) in [6, 6.07) is 8.15. The van der Waals surface area contributed by atoms with Crippen LogP contribution in [-0.4, -0.2) is 11.8 Å². The quantitative estimate of drug-likeness (QED) is 0.777. The number of ketones is 1. The molecule has 1 aliphatic rings. The highest BCUT2D eigenvalue weighted by molar-refractivity contribution is 5.96. The van der Waals surface area contributed by atoms with E-state index in [0.717, 1.165) is 18.4 Å². The van der Waals surface area contributed by atoms with Gasteiger partial charge in [0, 0.05) is 18.0 Å². The molecule has 0 aromatic heterocycles. The zero-order valence-corrected chi connectivity index (χ0v) is 11.2. The largest absolute Gasteiger partial charge is 0.327 e. The Morgan fingerprint density at radius 1 is 1.44 bits per heavy atom. The second-order valence-corrected chi connectivity index (χ2v) is 5.43. The summed E-state index contributed by atoms with van der Waals surface area (Å²) < 4.78 is 0. The molecule has 2 N–H and O–H groups in total. The Balaban J connectivity index is 2.01. The van der Waals surface area contributed by atoms with Crippen LogP contribution >= 0.6 is 0 Å². The fraction of sp³-hybridized carbons (Fsp3) is 0.562. The van der Waals surface area contributed by atoms with Crippen molar-refractivity contribution in [2.45, 2.75) is 57.4 Å². The Morgan fingerprint density at radius 3 is 2.83 bits per heavy atom. The van der Waals surface area contributed by atoms with Gasteiger partial charge in [-0.25, -0.2) is 0 Å². The van der Waals surface area contributed by atoms with Crippen molar-refractivity contribution in [2.24, 2.45) is 5.73 Å². The molecule has 1 aromatic rings. The minimum Gasteiger partial charge on any atom is -0.327 e. The highest BCUT2D eigenvalue weighted by Crippen LogP contribution is 2.36. The second-order valence-electron chi connectivity index (χ2n) is 5.43. The molecule has 0 aliphatic heterocycles. The first-order valence-corrected chi connectivity index (χ1v) is 7.09. The van der Waals surface area contributed by atoms with Gasteiger partial charge in [-0.3, -0.25) is 4.79 Å². The molecule has 2 nitrogen and oxygen atoms in total. The predicted molar refractivity (Wildman–Crippen MR) is 74.9 cm³/mol. The van der Waals surface area contributed by atoms with Crippen molar-refractivity contribution in [1.82, 2.24) is 0 Å². The van der Waals surface area contributed by atoms with Crippen LogP contribution in [0.25, 0.3) is 0 Å². The molecule has 2 heteroatoms. The van der Waals surface area contributed by atoms with Crippen LogP contribution in [0.4, 0.5) is 0 Å². The molecule has 1 aliphatic carbocycles. The number of benzene rings is 1. The summed E-state index contributed by atoms with van der Waals surface area (Å²) in [7, 11) is 0. The minimum absolute atomic E-state index is 0.00913. The first-order valence-electron chi connectivity index (χ1n) is 7.09. The molecule has 0 amide bonds. The van der Waals surface area contributed by atoms with Crippen molar-refractivity contribution >= 4 is 5.78 Å². The van der Waals surface area contributed by atoms with Crippen LogP contribution in [0.5, 0.6) is 0 Å². The van der Waals surface area contributed by atoms with E-state index in [1.807, 2.05) is 12.1 Å². The van der Waals surface area contributed by atoms with Gasteiger partial charge in [0.2, 0.25) is 0 Å². The number of carbonyl (C=O) groups excluding carboxylic acids is 1. The first-order chi connectivity index (χ1) is 8.70. The lowest BCUT2D eigenvalue weighted by Gasteiger charge is -2.26. The normalized spacial score (nSPS) is 17.2. The molecule has 0 spiro atoms. The fourth-order valence-corrected chi connectivity index (χ4v) is 2.54.